The highest BCUT2D eigenvalue weighted by molar-refractivity contribution is 6.33. The van der Waals surface area contributed by atoms with Gasteiger partial charge in [-0.2, -0.15) is 0 Å². The van der Waals surface area contributed by atoms with Gasteiger partial charge < -0.3 is 19.7 Å². The Morgan fingerprint density at radius 3 is 2.73 bits per heavy atom. The number of ether oxygens (including phenoxy) is 2. The highest BCUT2D eigenvalue weighted by Crippen LogP contribution is 2.32. The second kappa shape index (κ2) is 9.27. The molecule has 3 heterocycles. The molecule has 9 heteroatoms. The molecule has 0 radical (unpaired) electrons. The normalized spacial score (nSPS) is 17.6. The maximum atomic E-state index is 13.1. The Labute approximate surface area is 198 Å². The molecule has 1 N–H and O–H groups in total. The number of aromatic nitrogens is 2. The van der Waals surface area contributed by atoms with Gasteiger partial charge in [-0.15, -0.1) is 0 Å². The van der Waals surface area contributed by atoms with Crippen molar-refractivity contribution >= 4 is 29.4 Å². The second-order valence-electron chi connectivity index (χ2n) is 9.44. The summed E-state index contributed by atoms with van der Waals surface area (Å²) >= 11 is 6.41. The molecule has 1 unspecified atom stereocenters. The molecule has 0 saturated carbocycles. The van der Waals surface area contributed by atoms with Gasteiger partial charge in [0, 0.05) is 36.9 Å². The molecule has 4 rings (SSSR count). The summed E-state index contributed by atoms with van der Waals surface area (Å²) in [4.78, 5) is 36.1. The molecule has 176 valence electrons. The van der Waals surface area contributed by atoms with Crippen LogP contribution in [0.5, 0.6) is 0 Å². The predicted molar refractivity (Wildman–Crippen MR) is 125 cm³/mol. The molecule has 1 saturated heterocycles. The van der Waals surface area contributed by atoms with Crippen LogP contribution in [0.4, 0.5) is 5.95 Å². The van der Waals surface area contributed by atoms with Gasteiger partial charge in [-0.05, 0) is 52.2 Å². The first-order valence-electron chi connectivity index (χ1n) is 11.2. The molecule has 2 aliphatic rings. The van der Waals surface area contributed by atoms with Crippen LogP contribution < -0.4 is 5.32 Å². The summed E-state index contributed by atoms with van der Waals surface area (Å²) in [5.41, 5.74) is 2.04. The van der Waals surface area contributed by atoms with Crippen molar-refractivity contribution in [3.8, 4) is 11.3 Å². The van der Waals surface area contributed by atoms with E-state index < -0.39 is 17.6 Å². The molecule has 0 spiro atoms. The predicted octanol–water partition coefficient (Wildman–Crippen LogP) is 4.07. The highest BCUT2D eigenvalue weighted by Gasteiger charge is 2.36. The third-order valence-electron chi connectivity index (χ3n) is 5.73. The fourth-order valence-corrected chi connectivity index (χ4v) is 4.16. The van der Waals surface area contributed by atoms with Crippen molar-refractivity contribution in [1.29, 1.82) is 0 Å². The van der Waals surface area contributed by atoms with Crippen LogP contribution >= 0.6 is 11.6 Å². The maximum Gasteiger partial charge on any atom is 0.329 e. The van der Waals surface area contributed by atoms with Crippen molar-refractivity contribution < 1.29 is 19.1 Å². The lowest BCUT2D eigenvalue weighted by Gasteiger charge is -2.27. The Balaban J connectivity index is 1.55. The van der Waals surface area contributed by atoms with E-state index in [1.807, 2.05) is 12.1 Å². The van der Waals surface area contributed by atoms with Crippen LogP contribution in [0.3, 0.4) is 0 Å². The smallest absolute Gasteiger partial charge is 0.329 e. The molecule has 33 heavy (non-hydrogen) atoms. The number of nitrogens with zero attached hydrogens (tertiary/aromatic N) is 3. The van der Waals surface area contributed by atoms with Crippen molar-refractivity contribution in [2.75, 3.05) is 18.5 Å². The number of halogens is 1. The van der Waals surface area contributed by atoms with E-state index in [0.29, 0.717) is 42.0 Å². The van der Waals surface area contributed by atoms with Crippen LogP contribution in [0.25, 0.3) is 11.3 Å². The Morgan fingerprint density at radius 2 is 2.03 bits per heavy atom. The number of nitrogens with one attached hydrogen (secondary N) is 1. The third kappa shape index (κ3) is 5.28. The van der Waals surface area contributed by atoms with Crippen LogP contribution in [0.1, 0.15) is 56.5 Å². The number of carbonyl (C=O) groups is 2. The molecule has 1 atom stereocenters. The summed E-state index contributed by atoms with van der Waals surface area (Å²) in [7, 11) is 0. The summed E-state index contributed by atoms with van der Waals surface area (Å²) in [6, 6.07) is 5.11. The average molecular weight is 473 g/mol. The number of anilines is 1. The Morgan fingerprint density at radius 1 is 1.30 bits per heavy atom. The monoisotopic (exact) mass is 472 g/mol. The van der Waals surface area contributed by atoms with Crippen molar-refractivity contribution in [2.45, 2.75) is 64.8 Å². The van der Waals surface area contributed by atoms with Crippen molar-refractivity contribution in [3.05, 3.63) is 40.5 Å². The van der Waals surface area contributed by atoms with Gasteiger partial charge in [0.25, 0.3) is 5.91 Å². The molecular formula is C24H29ClN4O4. The summed E-state index contributed by atoms with van der Waals surface area (Å²) < 4.78 is 10.9. The zero-order valence-electron chi connectivity index (χ0n) is 19.4. The van der Waals surface area contributed by atoms with E-state index in [9.17, 15) is 9.59 Å². The highest BCUT2D eigenvalue weighted by atomic mass is 35.5. The molecular weight excluding hydrogens is 444 g/mol. The Bertz CT molecular complexity index is 1060. The minimum Gasteiger partial charge on any atom is -0.458 e. The lowest BCUT2D eigenvalue weighted by molar-refractivity contribution is -0.159. The van der Waals surface area contributed by atoms with E-state index in [1.54, 1.807) is 40.0 Å². The number of hydrogen-bond donors (Lipinski definition) is 1. The van der Waals surface area contributed by atoms with Crippen molar-refractivity contribution in [3.63, 3.8) is 0 Å². The van der Waals surface area contributed by atoms with Gasteiger partial charge in [-0.1, -0.05) is 23.7 Å². The van der Waals surface area contributed by atoms with Gasteiger partial charge >= 0.3 is 5.97 Å². The van der Waals surface area contributed by atoms with Crippen LogP contribution in [-0.4, -0.2) is 57.6 Å². The van der Waals surface area contributed by atoms with Crippen LogP contribution in [0.2, 0.25) is 5.02 Å². The first-order chi connectivity index (χ1) is 15.6. The zero-order chi connectivity index (χ0) is 23.8. The number of amides is 1. The number of fused-ring (bicyclic) bond motifs is 1. The van der Waals surface area contributed by atoms with E-state index >= 15 is 0 Å². The number of rotatable bonds is 5. The maximum absolute atomic E-state index is 13.1. The number of hydrogen-bond acceptors (Lipinski definition) is 7. The fourth-order valence-electron chi connectivity index (χ4n) is 3.96. The second-order valence-corrected chi connectivity index (χ2v) is 9.84. The first-order valence-corrected chi connectivity index (χ1v) is 11.5. The molecule has 2 aromatic rings. The summed E-state index contributed by atoms with van der Waals surface area (Å²) in [5, 5.41) is 3.74. The minimum atomic E-state index is -0.689. The largest absolute Gasteiger partial charge is 0.458 e. The van der Waals surface area contributed by atoms with Gasteiger partial charge in [-0.3, -0.25) is 4.79 Å². The van der Waals surface area contributed by atoms with Gasteiger partial charge in [0.05, 0.1) is 16.9 Å². The number of carbonyl (C=O) groups excluding carboxylic acids is 2. The minimum absolute atomic E-state index is 0.212. The van der Waals surface area contributed by atoms with Crippen LogP contribution in [0.15, 0.2) is 24.4 Å². The fraction of sp³-hybridized carbons (Fsp3) is 0.500. The van der Waals surface area contributed by atoms with Crippen LogP contribution in [0, 0.1) is 0 Å². The topological polar surface area (TPSA) is 93.7 Å². The van der Waals surface area contributed by atoms with E-state index in [1.165, 1.54) is 4.90 Å². The Hall–Kier alpha value is -2.71. The molecule has 2 aliphatic heterocycles. The molecule has 1 fully saturated rings. The van der Waals surface area contributed by atoms with E-state index in [4.69, 9.17) is 21.1 Å². The van der Waals surface area contributed by atoms with Crippen molar-refractivity contribution in [2.24, 2.45) is 0 Å². The summed E-state index contributed by atoms with van der Waals surface area (Å²) in [5.74, 6) is -0.143. The third-order valence-corrected chi connectivity index (χ3v) is 6.01. The lowest BCUT2D eigenvalue weighted by atomic mass is 10.0. The van der Waals surface area contributed by atoms with E-state index in [0.717, 1.165) is 24.0 Å². The summed E-state index contributed by atoms with van der Waals surface area (Å²) in [6.07, 6.45) is 3.35. The Kier molecular flexibility index (Phi) is 6.59. The number of benzene rings is 1. The standard InChI is InChI=1S/C24H29ClN4O4/c1-14(22(31)33-24(2,3)4)29-13-16-6-5-15(11-18(16)21(29)30)20-19(25)12-26-23(28-20)27-17-7-9-32-10-8-17/h5-6,11-12,14,17H,7-10,13H2,1-4H3,(H,26,27,28). The van der Waals surface area contributed by atoms with Gasteiger partial charge in [-0.25, -0.2) is 14.8 Å². The zero-order valence-corrected chi connectivity index (χ0v) is 20.1. The molecule has 1 aromatic carbocycles. The van der Waals surface area contributed by atoms with E-state index in [-0.39, 0.29) is 11.9 Å². The SMILES string of the molecule is CC(C(=O)OC(C)(C)C)N1Cc2ccc(-c3nc(NC4CCOCC4)ncc3Cl)cc2C1=O. The lowest BCUT2D eigenvalue weighted by Crippen LogP contribution is -2.42. The summed E-state index contributed by atoms with van der Waals surface area (Å²) in [6.45, 7) is 8.88. The first kappa shape index (κ1) is 23.4. The van der Waals surface area contributed by atoms with Gasteiger partial charge in [0.1, 0.15) is 11.6 Å². The van der Waals surface area contributed by atoms with Gasteiger partial charge in [0.15, 0.2) is 0 Å². The molecule has 0 bridgehead atoms. The van der Waals surface area contributed by atoms with Crippen molar-refractivity contribution in [1.82, 2.24) is 14.9 Å². The van der Waals surface area contributed by atoms with E-state index in [2.05, 4.69) is 15.3 Å². The number of esters is 1. The van der Waals surface area contributed by atoms with Gasteiger partial charge in [0.2, 0.25) is 5.95 Å². The quantitative estimate of drug-likeness (QED) is 0.655. The van der Waals surface area contributed by atoms with Crippen LogP contribution in [-0.2, 0) is 20.8 Å². The molecule has 1 aromatic heterocycles. The molecule has 0 aliphatic carbocycles. The molecule has 8 nitrogen and oxygen atoms in total. The molecule has 1 amide bonds. The average Bonchev–Trinajstić information content (AvgIpc) is 3.10.